The van der Waals surface area contributed by atoms with Crippen LogP contribution in [0.3, 0.4) is 0 Å². The fourth-order valence-corrected chi connectivity index (χ4v) is 3.86. The van der Waals surface area contributed by atoms with Crippen molar-refractivity contribution in [3.63, 3.8) is 0 Å². The van der Waals surface area contributed by atoms with Crippen molar-refractivity contribution in [3.8, 4) is 5.75 Å². The summed E-state index contributed by atoms with van der Waals surface area (Å²) in [6.45, 7) is 7.47. The van der Waals surface area contributed by atoms with Crippen molar-refractivity contribution >= 4 is 0 Å². The van der Waals surface area contributed by atoms with Gasteiger partial charge < -0.3 is 4.74 Å². The van der Waals surface area contributed by atoms with Gasteiger partial charge in [0.05, 0.1) is 6.61 Å². The molecule has 0 bridgehead atoms. The minimum absolute atomic E-state index is 0.757. The van der Waals surface area contributed by atoms with Crippen molar-refractivity contribution in [2.45, 2.75) is 84.5 Å². The van der Waals surface area contributed by atoms with Gasteiger partial charge in [-0.3, -0.25) is 0 Å². The molecule has 0 radical (unpaired) electrons. The van der Waals surface area contributed by atoms with Gasteiger partial charge in [-0.1, -0.05) is 51.5 Å². The Labute approximate surface area is 149 Å². The average Bonchev–Trinajstić information content (AvgIpc) is 2.62. The lowest BCUT2D eigenvalue weighted by Crippen LogP contribution is -2.13. The summed E-state index contributed by atoms with van der Waals surface area (Å²) in [5, 5.41) is 0. The molecular formula is C23H36O. The standard InChI is InChI=1S/C23H36O/c1-4-7-8-10-19-11-13-20(14-12-19)21-15-16-23(24-17-6-3)22(18-21)9-5-2/h7-8,15-16,18-20H,4-6,9-14,17H2,1-3H3/b8-7+. The van der Waals surface area contributed by atoms with Crippen LogP contribution in [0.5, 0.6) is 5.75 Å². The molecule has 0 unspecified atom stereocenters. The van der Waals surface area contributed by atoms with E-state index in [1.807, 2.05) is 0 Å². The zero-order valence-electron chi connectivity index (χ0n) is 16.0. The Balaban J connectivity index is 1.97. The van der Waals surface area contributed by atoms with Gasteiger partial charge in [-0.2, -0.15) is 0 Å². The summed E-state index contributed by atoms with van der Waals surface area (Å²) < 4.78 is 5.95. The third-order valence-electron chi connectivity index (χ3n) is 5.26. The van der Waals surface area contributed by atoms with Crippen LogP contribution in [-0.2, 0) is 6.42 Å². The van der Waals surface area contributed by atoms with E-state index in [4.69, 9.17) is 4.74 Å². The molecule has 1 saturated carbocycles. The maximum atomic E-state index is 5.95. The largest absolute Gasteiger partial charge is 0.493 e. The quantitative estimate of drug-likeness (QED) is 0.441. The van der Waals surface area contributed by atoms with Gasteiger partial charge in [-0.15, -0.1) is 0 Å². The molecule has 0 aliphatic heterocycles. The molecule has 1 aliphatic carbocycles. The van der Waals surface area contributed by atoms with E-state index in [2.05, 4.69) is 51.1 Å². The van der Waals surface area contributed by atoms with Crippen LogP contribution in [0, 0.1) is 5.92 Å². The number of ether oxygens (including phenoxy) is 1. The van der Waals surface area contributed by atoms with Crippen molar-refractivity contribution in [3.05, 3.63) is 41.5 Å². The first kappa shape index (κ1) is 19.1. The van der Waals surface area contributed by atoms with E-state index in [0.717, 1.165) is 37.0 Å². The van der Waals surface area contributed by atoms with Gasteiger partial charge in [0.2, 0.25) is 0 Å². The second-order valence-electron chi connectivity index (χ2n) is 7.30. The Morgan fingerprint density at radius 3 is 2.46 bits per heavy atom. The zero-order valence-corrected chi connectivity index (χ0v) is 16.0. The summed E-state index contributed by atoms with van der Waals surface area (Å²) in [7, 11) is 0. The smallest absolute Gasteiger partial charge is 0.122 e. The zero-order chi connectivity index (χ0) is 17.2. The number of hydrogen-bond donors (Lipinski definition) is 0. The SMILES string of the molecule is CC/C=C/CC1CCC(c2ccc(OCCC)c(CCC)c2)CC1. The number of allylic oxidation sites excluding steroid dienone is 2. The molecule has 2 rings (SSSR count). The molecule has 0 N–H and O–H groups in total. The summed E-state index contributed by atoms with van der Waals surface area (Å²) >= 11 is 0. The highest BCUT2D eigenvalue weighted by Gasteiger charge is 2.22. The van der Waals surface area contributed by atoms with Crippen LogP contribution in [-0.4, -0.2) is 6.61 Å². The average molecular weight is 329 g/mol. The highest BCUT2D eigenvalue weighted by atomic mass is 16.5. The van der Waals surface area contributed by atoms with E-state index in [9.17, 15) is 0 Å². The normalized spacial score (nSPS) is 21.3. The topological polar surface area (TPSA) is 9.23 Å². The Kier molecular flexibility index (Phi) is 8.42. The van der Waals surface area contributed by atoms with Crippen LogP contribution < -0.4 is 4.74 Å². The maximum absolute atomic E-state index is 5.95. The van der Waals surface area contributed by atoms with Crippen molar-refractivity contribution in [1.82, 2.24) is 0 Å². The van der Waals surface area contributed by atoms with Gasteiger partial charge >= 0.3 is 0 Å². The van der Waals surface area contributed by atoms with E-state index < -0.39 is 0 Å². The van der Waals surface area contributed by atoms with Crippen molar-refractivity contribution in [1.29, 1.82) is 0 Å². The summed E-state index contributed by atoms with van der Waals surface area (Å²) in [5.41, 5.74) is 2.96. The summed E-state index contributed by atoms with van der Waals surface area (Å²) in [5.74, 6) is 2.78. The first-order valence-corrected chi connectivity index (χ1v) is 10.2. The first-order valence-electron chi connectivity index (χ1n) is 10.2. The third kappa shape index (κ3) is 5.69. The maximum Gasteiger partial charge on any atom is 0.122 e. The van der Waals surface area contributed by atoms with Gasteiger partial charge in [0.1, 0.15) is 5.75 Å². The van der Waals surface area contributed by atoms with Crippen molar-refractivity contribution in [2.24, 2.45) is 5.92 Å². The van der Waals surface area contributed by atoms with Crippen LogP contribution in [0.2, 0.25) is 0 Å². The van der Waals surface area contributed by atoms with E-state index in [1.54, 1.807) is 5.56 Å². The Hall–Kier alpha value is -1.24. The summed E-state index contributed by atoms with van der Waals surface area (Å²) in [4.78, 5) is 0. The Morgan fingerprint density at radius 1 is 1.00 bits per heavy atom. The second-order valence-corrected chi connectivity index (χ2v) is 7.30. The molecule has 0 spiro atoms. The predicted molar refractivity (Wildman–Crippen MR) is 105 cm³/mol. The fourth-order valence-electron chi connectivity index (χ4n) is 3.86. The van der Waals surface area contributed by atoms with Crippen LogP contribution in [0.25, 0.3) is 0 Å². The summed E-state index contributed by atoms with van der Waals surface area (Å²) in [6.07, 6.45) is 16.0. The van der Waals surface area contributed by atoms with E-state index >= 15 is 0 Å². The van der Waals surface area contributed by atoms with Crippen molar-refractivity contribution in [2.75, 3.05) is 6.61 Å². The number of hydrogen-bond acceptors (Lipinski definition) is 1. The molecule has 0 aromatic heterocycles. The molecule has 1 fully saturated rings. The Bertz CT molecular complexity index is 495. The van der Waals surface area contributed by atoms with Gasteiger partial charge in [0, 0.05) is 0 Å². The second kappa shape index (κ2) is 10.6. The number of benzene rings is 1. The van der Waals surface area contributed by atoms with Crippen molar-refractivity contribution < 1.29 is 4.74 Å². The van der Waals surface area contributed by atoms with Gasteiger partial charge in [-0.05, 0) is 80.4 Å². The Morgan fingerprint density at radius 2 is 1.79 bits per heavy atom. The minimum Gasteiger partial charge on any atom is -0.493 e. The molecule has 0 amide bonds. The van der Waals surface area contributed by atoms with Crippen LogP contribution in [0.1, 0.15) is 89.2 Å². The van der Waals surface area contributed by atoms with E-state index in [-0.39, 0.29) is 0 Å². The molecule has 1 nitrogen and oxygen atoms in total. The molecule has 1 aromatic carbocycles. The molecule has 24 heavy (non-hydrogen) atoms. The monoisotopic (exact) mass is 328 g/mol. The predicted octanol–water partition coefficient (Wildman–Crippen LogP) is 7.06. The van der Waals surface area contributed by atoms with E-state index in [0.29, 0.717) is 0 Å². The molecule has 1 heteroatoms. The molecule has 134 valence electrons. The molecule has 0 heterocycles. The first-order chi connectivity index (χ1) is 11.8. The van der Waals surface area contributed by atoms with Gasteiger partial charge in [0.25, 0.3) is 0 Å². The summed E-state index contributed by atoms with van der Waals surface area (Å²) in [6, 6.07) is 6.99. The molecule has 0 saturated heterocycles. The van der Waals surface area contributed by atoms with Crippen LogP contribution in [0.15, 0.2) is 30.4 Å². The lowest BCUT2D eigenvalue weighted by molar-refractivity contribution is 0.312. The highest BCUT2D eigenvalue weighted by Crippen LogP contribution is 2.38. The lowest BCUT2D eigenvalue weighted by atomic mass is 9.77. The van der Waals surface area contributed by atoms with Gasteiger partial charge in [0.15, 0.2) is 0 Å². The number of aryl methyl sites for hydroxylation is 1. The molecule has 0 atom stereocenters. The van der Waals surface area contributed by atoms with Crippen LogP contribution >= 0.6 is 0 Å². The number of rotatable bonds is 9. The lowest BCUT2D eigenvalue weighted by Gasteiger charge is -2.28. The van der Waals surface area contributed by atoms with E-state index in [1.165, 1.54) is 50.5 Å². The molecule has 1 aromatic rings. The molecule has 1 aliphatic rings. The van der Waals surface area contributed by atoms with Crippen LogP contribution in [0.4, 0.5) is 0 Å². The van der Waals surface area contributed by atoms with Gasteiger partial charge in [-0.25, -0.2) is 0 Å². The fraction of sp³-hybridized carbons (Fsp3) is 0.652. The third-order valence-corrected chi connectivity index (χ3v) is 5.26. The minimum atomic E-state index is 0.757. The highest BCUT2D eigenvalue weighted by molar-refractivity contribution is 5.39. The molecular weight excluding hydrogens is 292 g/mol.